The Morgan fingerprint density at radius 2 is 1.93 bits per heavy atom. The average molecular weight is 431 g/mol. The molecule has 0 unspecified atom stereocenters. The fourth-order valence-electron chi connectivity index (χ4n) is 2.37. The van der Waals surface area contributed by atoms with E-state index in [1.807, 2.05) is 0 Å². The van der Waals surface area contributed by atoms with Crippen molar-refractivity contribution in [3.05, 3.63) is 74.7 Å². The number of ether oxygens (including phenoxy) is 2. The van der Waals surface area contributed by atoms with E-state index in [0.717, 1.165) is 4.47 Å². The van der Waals surface area contributed by atoms with E-state index in [2.05, 4.69) is 34.8 Å². The summed E-state index contributed by atoms with van der Waals surface area (Å²) >= 11 is 3.32. The molecule has 0 N–H and O–H groups in total. The highest BCUT2D eigenvalue weighted by molar-refractivity contribution is 9.10. The van der Waals surface area contributed by atoms with Crippen molar-refractivity contribution in [3.8, 4) is 5.75 Å². The van der Waals surface area contributed by atoms with Gasteiger partial charge in [0.05, 0.1) is 17.9 Å². The van der Waals surface area contributed by atoms with Gasteiger partial charge in [0.25, 0.3) is 5.56 Å². The number of fused-ring (bicyclic) bond motifs is 1. The fraction of sp³-hybridized carbons (Fsp3) is 0.250. The third-order valence-electron chi connectivity index (χ3n) is 3.70. The third kappa shape index (κ3) is 4.95. The van der Waals surface area contributed by atoms with Gasteiger partial charge in [0, 0.05) is 16.7 Å². The maximum atomic E-state index is 12.2. The monoisotopic (exact) mass is 430 g/mol. The van der Waals surface area contributed by atoms with Gasteiger partial charge in [-0.1, -0.05) is 13.8 Å². The van der Waals surface area contributed by atoms with Crippen LogP contribution in [-0.2, 0) is 11.3 Å². The van der Waals surface area contributed by atoms with Crippen LogP contribution in [-0.4, -0.2) is 22.0 Å². The lowest BCUT2D eigenvalue weighted by Gasteiger charge is -2.09. The van der Waals surface area contributed by atoms with Crippen LogP contribution in [0.4, 0.5) is 0 Å². The van der Waals surface area contributed by atoms with E-state index in [1.54, 1.807) is 42.6 Å². The van der Waals surface area contributed by atoms with E-state index in [0.29, 0.717) is 35.2 Å². The molecule has 0 amide bonds. The molecule has 0 saturated heterocycles. The number of benzene rings is 1. The molecule has 0 aliphatic rings. The second kappa shape index (κ2) is 8.35. The van der Waals surface area contributed by atoms with Crippen molar-refractivity contribution in [2.75, 3.05) is 6.61 Å². The van der Waals surface area contributed by atoms with Crippen molar-refractivity contribution in [2.45, 2.75) is 20.5 Å². The van der Waals surface area contributed by atoms with Gasteiger partial charge < -0.3 is 9.47 Å². The Hall–Kier alpha value is -2.67. The van der Waals surface area contributed by atoms with Gasteiger partial charge in [-0.2, -0.15) is 0 Å². The first kappa shape index (κ1) is 19.1. The second-order valence-electron chi connectivity index (χ2n) is 6.47. The van der Waals surface area contributed by atoms with E-state index < -0.39 is 5.97 Å². The Balaban J connectivity index is 1.66. The SMILES string of the molecule is CC(C)COc1ccc(C(=O)OCc2cc(=O)n3cc(Br)ccc3n2)cc1. The summed E-state index contributed by atoms with van der Waals surface area (Å²) in [6, 6.07) is 11.6. The third-order valence-corrected chi connectivity index (χ3v) is 4.17. The summed E-state index contributed by atoms with van der Waals surface area (Å²) in [5, 5.41) is 0. The highest BCUT2D eigenvalue weighted by atomic mass is 79.9. The first-order chi connectivity index (χ1) is 12.9. The van der Waals surface area contributed by atoms with E-state index in [9.17, 15) is 9.59 Å². The summed E-state index contributed by atoms with van der Waals surface area (Å²) in [6.07, 6.45) is 1.64. The second-order valence-corrected chi connectivity index (χ2v) is 7.38. The minimum absolute atomic E-state index is 0.0771. The number of nitrogens with zero attached hydrogens (tertiary/aromatic N) is 2. The predicted octanol–water partition coefficient (Wildman–Crippen LogP) is 3.85. The van der Waals surface area contributed by atoms with Crippen molar-refractivity contribution < 1.29 is 14.3 Å². The van der Waals surface area contributed by atoms with Crippen LogP contribution in [0.1, 0.15) is 29.9 Å². The number of aromatic nitrogens is 2. The highest BCUT2D eigenvalue weighted by Gasteiger charge is 2.10. The minimum atomic E-state index is -0.483. The molecule has 0 saturated carbocycles. The van der Waals surface area contributed by atoms with Crippen molar-refractivity contribution in [3.63, 3.8) is 0 Å². The molecule has 27 heavy (non-hydrogen) atoms. The molecule has 7 heteroatoms. The predicted molar refractivity (Wildman–Crippen MR) is 105 cm³/mol. The molecule has 6 nitrogen and oxygen atoms in total. The van der Waals surface area contributed by atoms with Crippen LogP contribution in [0, 0.1) is 5.92 Å². The maximum Gasteiger partial charge on any atom is 0.338 e. The van der Waals surface area contributed by atoms with Gasteiger partial charge in [-0.3, -0.25) is 9.20 Å². The van der Waals surface area contributed by atoms with Crippen LogP contribution in [0.2, 0.25) is 0 Å². The van der Waals surface area contributed by atoms with E-state index >= 15 is 0 Å². The van der Waals surface area contributed by atoms with Gasteiger partial charge in [-0.05, 0) is 58.2 Å². The lowest BCUT2D eigenvalue weighted by atomic mass is 10.2. The number of pyridine rings is 1. The molecule has 0 aliphatic carbocycles. The average Bonchev–Trinajstić information content (AvgIpc) is 2.65. The van der Waals surface area contributed by atoms with Crippen molar-refractivity contribution >= 4 is 27.5 Å². The Morgan fingerprint density at radius 1 is 1.19 bits per heavy atom. The molecule has 3 aromatic rings. The number of carbonyl (C=O) groups excluding carboxylic acids is 1. The highest BCUT2D eigenvalue weighted by Crippen LogP contribution is 2.15. The van der Waals surface area contributed by atoms with Gasteiger partial charge in [0.2, 0.25) is 0 Å². The molecule has 0 spiro atoms. The van der Waals surface area contributed by atoms with Gasteiger partial charge >= 0.3 is 5.97 Å². The summed E-state index contributed by atoms with van der Waals surface area (Å²) < 4.78 is 13.1. The summed E-state index contributed by atoms with van der Waals surface area (Å²) in [6.45, 7) is 4.67. The molecule has 0 atom stereocenters. The van der Waals surface area contributed by atoms with Gasteiger partial charge in [0.15, 0.2) is 0 Å². The Kier molecular flexibility index (Phi) is 5.91. The smallest absolute Gasteiger partial charge is 0.338 e. The molecule has 2 heterocycles. The number of carbonyl (C=O) groups is 1. The Morgan fingerprint density at radius 3 is 2.63 bits per heavy atom. The molecule has 0 fully saturated rings. The quantitative estimate of drug-likeness (QED) is 0.555. The normalized spacial score (nSPS) is 11.0. The topological polar surface area (TPSA) is 69.9 Å². The molecule has 1 aromatic carbocycles. The van der Waals surface area contributed by atoms with Crippen molar-refractivity contribution in [2.24, 2.45) is 5.92 Å². The first-order valence-electron chi connectivity index (χ1n) is 8.50. The van der Waals surface area contributed by atoms with Crippen LogP contribution in [0.15, 0.2) is 57.9 Å². The Bertz CT molecular complexity index is 1010. The molecular formula is C20H19BrN2O4. The molecular weight excluding hydrogens is 412 g/mol. The lowest BCUT2D eigenvalue weighted by Crippen LogP contribution is -2.16. The number of hydrogen-bond donors (Lipinski definition) is 0. The summed E-state index contributed by atoms with van der Waals surface area (Å²) in [7, 11) is 0. The van der Waals surface area contributed by atoms with E-state index in [4.69, 9.17) is 9.47 Å². The van der Waals surface area contributed by atoms with Gasteiger partial charge in [0.1, 0.15) is 18.0 Å². The zero-order valence-electron chi connectivity index (χ0n) is 15.0. The standard InChI is InChI=1S/C20H19BrN2O4/c1-13(2)11-26-17-6-3-14(4-7-17)20(25)27-12-16-9-19(24)23-10-15(21)5-8-18(23)22-16/h3-10,13H,11-12H2,1-2H3. The van der Waals surface area contributed by atoms with Crippen LogP contribution >= 0.6 is 15.9 Å². The molecule has 0 bridgehead atoms. The van der Waals surface area contributed by atoms with E-state index in [1.165, 1.54) is 10.5 Å². The number of hydrogen-bond acceptors (Lipinski definition) is 5. The first-order valence-corrected chi connectivity index (χ1v) is 9.29. The van der Waals surface area contributed by atoms with E-state index in [-0.39, 0.29) is 12.2 Å². The fourth-order valence-corrected chi connectivity index (χ4v) is 2.71. The lowest BCUT2D eigenvalue weighted by molar-refractivity contribution is 0.0467. The molecule has 0 radical (unpaired) electrons. The number of rotatable bonds is 6. The molecule has 2 aromatic heterocycles. The van der Waals surface area contributed by atoms with Crippen LogP contribution in [0.3, 0.4) is 0 Å². The molecule has 3 rings (SSSR count). The molecule has 0 aliphatic heterocycles. The van der Waals surface area contributed by atoms with Crippen LogP contribution < -0.4 is 10.3 Å². The van der Waals surface area contributed by atoms with Gasteiger partial charge in [-0.25, -0.2) is 9.78 Å². The largest absolute Gasteiger partial charge is 0.493 e. The zero-order chi connectivity index (χ0) is 19.4. The summed E-state index contributed by atoms with van der Waals surface area (Å²) in [5.74, 6) is 0.646. The summed E-state index contributed by atoms with van der Waals surface area (Å²) in [4.78, 5) is 28.7. The summed E-state index contributed by atoms with van der Waals surface area (Å²) in [5.41, 5.74) is 1.06. The minimum Gasteiger partial charge on any atom is -0.493 e. The van der Waals surface area contributed by atoms with Crippen molar-refractivity contribution in [1.82, 2.24) is 9.38 Å². The number of halogens is 1. The van der Waals surface area contributed by atoms with Crippen LogP contribution in [0.5, 0.6) is 5.75 Å². The maximum absolute atomic E-state index is 12.2. The molecule has 140 valence electrons. The zero-order valence-corrected chi connectivity index (χ0v) is 16.6. The Labute approximate surface area is 164 Å². The van der Waals surface area contributed by atoms with Gasteiger partial charge in [-0.15, -0.1) is 0 Å². The number of esters is 1. The van der Waals surface area contributed by atoms with Crippen molar-refractivity contribution in [1.29, 1.82) is 0 Å². The van der Waals surface area contributed by atoms with Crippen LogP contribution in [0.25, 0.3) is 5.65 Å².